The number of nitrogens with zero attached hydrogens (tertiary/aromatic N) is 2. The summed E-state index contributed by atoms with van der Waals surface area (Å²) in [5, 5.41) is 2.77. The van der Waals surface area contributed by atoms with Gasteiger partial charge in [0, 0.05) is 12.7 Å². The summed E-state index contributed by atoms with van der Waals surface area (Å²) in [7, 11) is 0. The molecular formula is C20H16FN3O2. The fourth-order valence-corrected chi connectivity index (χ4v) is 3.07. The lowest BCUT2D eigenvalue weighted by Crippen LogP contribution is -2.32. The third-order valence-corrected chi connectivity index (χ3v) is 4.35. The molecule has 130 valence electrons. The van der Waals surface area contributed by atoms with Gasteiger partial charge in [0.05, 0.1) is 11.0 Å². The van der Waals surface area contributed by atoms with Crippen molar-refractivity contribution < 1.29 is 9.18 Å². The Morgan fingerprint density at radius 2 is 1.62 bits per heavy atom. The van der Waals surface area contributed by atoms with Crippen LogP contribution in [-0.4, -0.2) is 14.9 Å². The molecule has 1 amide bonds. The van der Waals surface area contributed by atoms with E-state index in [4.69, 9.17) is 0 Å². The third-order valence-electron chi connectivity index (χ3n) is 4.35. The van der Waals surface area contributed by atoms with Gasteiger partial charge in [0.25, 0.3) is 5.56 Å². The van der Waals surface area contributed by atoms with Crippen molar-refractivity contribution >= 4 is 22.5 Å². The number of halogens is 1. The molecule has 2 aromatic heterocycles. The van der Waals surface area contributed by atoms with Gasteiger partial charge in [-0.15, -0.1) is 0 Å². The van der Waals surface area contributed by atoms with Crippen LogP contribution >= 0.6 is 0 Å². The van der Waals surface area contributed by atoms with E-state index in [-0.39, 0.29) is 30.4 Å². The predicted octanol–water partition coefficient (Wildman–Crippen LogP) is 2.71. The number of hydrogen-bond donors (Lipinski definition) is 1. The molecular weight excluding hydrogens is 333 g/mol. The van der Waals surface area contributed by atoms with Gasteiger partial charge in [0.1, 0.15) is 17.9 Å². The second-order valence-electron chi connectivity index (χ2n) is 6.05. The first-order chi connectivity index (χ1) is 12.6. The van der Waals surface area contributed by atoms with Gasteiger partial charge in [0.2, 0.25) is 5.91 Å². The number of nitrogens with one attached hydrogen (secondary N) is 1. The normalized spacial score (nSPS) is 11.1. The minimum absolute atomic E-state index is 0.0811. The van der Waals surface area contributed by atoms with Gasteiger partial charge in [-0.3, -0.25) is 14.2 Å². The number of rotatable bonds is 4. The number of para-hydroxylation sites is 2. The zero-order chi connectivity index (χ0) is 18.1. The molecule has 4 rings (SSSR count). The van der Waals surface area contributed by atoms with Crippen molar-refractivity contribution in [3.8, 4) is 0 Å². The first kappa shape index (κ1) is 16.1. The smallest absolute Gasteiger partial charge is 0.275 e. The molecule has 2 heterocycles. The Kier molecular flexibility index (Phi) is 4.01. The first-order valence-corrected chi connectivity index (χ1v) is 8.23. The van der Waals surface area contributed by atoms with Crippen molar-refractivity contribution in [2.75, 3.05) is 0 Å². The van der Waals surface area contributed by atoms with E-state index in [0.717, 1.165) is 11.1 Å². The number of hydrogen-bond acceptors (Lipinski definition) is 2. The summed E-state index contributed by atoms with van der Waals surface area (Å²) in [6.07, 6.45) is 1.83. The molecule has 0 aliphatic rings. The molecule has 0 unspecified atom stereocenters. The Morgan fingerprint density at radius 1 is 0.923 bits per heavy atom. The topological polar surface area (TPSA) is 55.5 Å². The second kappa shape index (κ2) is 6.48. The lowest BCUT2D eigenvalue weighted by Gasteiger charge is -2.12. The SMILES string of the molecule is O=C(Cn1c(=O)c2cccn2c2ccccc21)NCc1ccc(F)cc1. The van der Waals surface area contributed by atoms with Crippen molar-refractivity contribution in [3.63, 3.8) is 0 Å². The minimum atomic E-state index is -0.321. The summed E-state index contributed by atoms with van der Waals surface area (Å²) < 4.78 is 16.2. The van der Waals surface area contributed by atoms with Crippen molar-refractivity contribution in [1.29, 1.82) is 0 Å². The predicted molar refractivity (Wildman–Crippen MR) is 97.4 cm³/mol. The van der Waals surface area contributed by atoms with E-state index in [9.17, 15) is 14.0 Å². The van der Waals surface area contributed by atoms with Gasteiger partial charge in [-0.25, -0.2) is 4.39 Å². The quantitative estimate of drug-likeness (QED) is 0.616. The van der Waals surface area contributed by atoms with Crippen LogP contribution in [0.1, 0.15) is 5.56 Å². The lowest BCUT2D eigenvalue weighted by molar-refractivity contribution is -0.121. The summed E-state index contributed by atoms with van der Waals surface area (Å²) in [6.45, 7) is 0.196. The minimum Gasteiger partial charge on any atom is -0.350 e. The van der Waals surface area contributed by atoms with Crippen LogP contribution in [0.5, 0.6) is 0 Å². The number of benzene rings is 2. The van der Waals surface area contributed by atoms with Crippen LogP contribution in [0.2, 0.25) is 0 Å². The van der Waals surface area contributed by atoms with E-state index in [1.807, 2.05) is 40.9 Å². The molecule has 0 saturated heterocycles. The maximum Gasteiger partial charge on any atom is 0.275 e. The Morgan fingerprint density at radius 3 is 2.38 bits per heavy atom. The molecule has 0 spiro atoms. The van der Waals surface area contributed by atoms with Crippen LogP contribution in [0.4, 0.5) is 4.39 Å². The van der Waals surface area contributed by atoms with E-state index in [1.165, 1.54) is 16.7 Å². The fraction of sp³-hybridized carbons (Fsp3) is 0.100. The summed E-state index contributed by atoms with van der Waals surface area (Å²) in [6, 6.07) is 16.9. The van der Waals surface area contributed by atoms with Gasteiger partial charge in [-0.1, -0.05) is 24.3 Å². The van der Waals surface area contributed by atoms with Gasteiger partial charge in [0.15, 0.2) is 0 Å². The van der Waals surface area contributed by atoms with Crippen LogP contribution in [-0.2, 0) is 17.9 Å². The van der Waals surface area contributed by atoms with Gasteiger partial charge < -0.3 is 9.72 Å². The molecule has 0 fully saturated rings. The van der Waals surface area contributed by atoms with E-state index in [1.54, 1.807) is 18.2 Å². The Hall–Kier alpha value is -3.41. The van der Waals surface area contributed by atoms with Gasteiger partial charge in [-0.05, 0) is 42.0 Å². The lowest BCUT2D eigenvalue weighted by atomic mass is 10.2. The molecule has 0 bridgehead atoms. The first-order valence-electron chi connectivity index (χ1n) is 8.23. The van der Waals surface area contributed by atoms with Crippen LogP contribution < -0.4 is 10.9 Å². The van der Waals surface area contributed by atoms with Crippen molar-refractivity contribution in [1.82, 2.24) is 14.3 Å². The molecule has 0 saturated carbocycles. The molecule has 6 heteroatoms. The zero-order valence-corrected chi connectivity index (χ0v) is 13.9. The van der Waals surface area contributed by atoms with E-state index in [2.05, 4.69) is 5.32 Å². The Bertz CT molecular complexity index is 1160. The molecule has 26 heavy (non-hydrogen) atoms. The van der Waals surface area contributed by atoms with E-state index in [0.29, 0.717) is 11.0 Å². The number of aromatic nitrogens is 2. The molecule has 0 aliphatic heterocycles. The Balaban J connectivity index is 1.63. The molecule has 1 N–H and O–H groups in total. The molecule has 5 nitrogen and oxygen atoms in total. The monoisotopic (exact) mass is 349 g/mol. The highest BCUT2D eigenvalue weighted by Crippen LogP contribution is 2.14. The summed E-state index contributed by atoms with van der Waals surface area (Å²) in [5.74, 6) is -0.601. The van der Waals surface area contributed by atoms with Crippen molar-refractivity contribution in [2.24, 2.45) is 0 Å². The largest absolute Gasteiger partial charge is 0.350 e. The standard InChI is InChI=1S/C20H16FN3O2/c21-15-9-7-14(8-10-15)12-22-19(25)13-24-17-5-2-1-4-16(17)23-11-3-6-18(23)20(24)26/h1-11H,12-13H2,(H,22,25). The van der Waals surface area contributed by atoms with E-state index >= 15 is 0 Å². The fourth-order valence-electron chi connectivity index (χ4n) is 3.07. The average Bonchev–Trinajstić information content (AvgIpc) is 3.15. The van der Waals surface area contributed by atoms with Crippen molar-refractivity contribution in [2.45, 2.75) is 13.1 Å². The highest BCUT2D eigenvalue weighted by Gasteiger charge is 2.12. The van der Waals surface area contributed by atoms with Crippen LogP contribution in [0.15, 0.2) is 71.7 Å². The van der Waals surface area contributed by atoms with Gasteiger partial charge in [-0.2, -0.15) is 0 Å². The van der Waals surface area contributed by atoms with Gasteiger partial charge >= 0.3 is 0 Å². The number of amides is 1. The van der Waals surface area contributed by atoms with Crippen LogP contribution in [0.3, 0.4) is 0 Å². The third kappa shape index (κ3) is 2.86. The highest BCUT2D eigenvalue weighted by molar-refractivity contribution is 5.82. The summed E-state index contributed by atoms with van der Waals surface area (Å²) in [4.78, 5) is 25.1. The number of carbonyl (C=O) groups excluding carboxylic acids is 1. The second-order valence-corrected chi connectivity index (χ2v) is 6.05. The average molecular weight is 349 g/mol. The molecule has 0 radical (unpaired) electrons. The number of carbonyl (C=O) groups is 1. The maximum atomic E-state index is 12.9. The number of fused-ring (bicyclic) bond motifs is 3. The van der Waals surface area contributed by atoms with E-state index < -0.39 is 0 Å². The van der Waals surface area contributed by atoms with Crippen molar-refractivity contribution in [3.05, 3.63) is 88.6 Å². The maximum absolute atomic E-state index is 12.9. The summed E-state index contributed by atoms with van der Waals surface area (Å²) in [5.41, 5.74) is 2.65. The molecule has 0 atom stereocenters. The van der Waals surface area contributed by atoms with Crippen LogP contribution in [0, 0.1) is 5.82 Å². The molecule has 4 aromatic rings. The zero-order valence-electron chi connectivity index (χ0n) is 13.9. The highest BCUT2D eigenvalue weighted by atomic mass is 19.1. The molecule has 2 aromatic carbocycles. The van der Waals surface area contributed by atoms with Crippen LogP contribution in [0.25, 0.3) is 16.6 Å². The molecule has 0 aliphatic carbocycles. The summed E-state index contributed by atoms with van der Waals surface area (Å²) >= 11 is 0. The Labute approximate surface area is 148 Å².